The molecule has 0 spiro atoms. The second-order valence-electron chi connectivity index (χ2n) is 12.9. The van der Waals surface area contributed by atoms with E-state index >= 15 is 8.78 Å². The van der Waals surface area contributed by atoms with Crippen LogP contribution in [0.5, 0.6) is 0 Å². The van der Waals surface area contributed by atoms with Gasteiger partial charge in [0.25, 0.3) is 0 Å². The maximum Gasteiger partial charge on any atom is 0.509 e. The summed E-state index contributed by atoms with van der Waals surface area (Å²) in [5, 5.41) is 11.5. The van der Waals surface area contributed by atoms with Crippen LogP contribution in [0.3, 0.4) is 0 Å². The van der Waals surface area contributed by atoms with Crippen LogP contribution in [0.25, 0.3) is 0 Å². The lowest BCUT2D eigenvalue weighted by Crippen LogP contribution is -2.71. The van der Waals surface area contributed by atoms with Gasteiger partial charge in [0.2, 0.25) is 12.5 Å². The van der Waals surface area contributed by atoms with Crippen LogP contribution in [0.15, 0.2) is 23.8 Å². The number of carbonyl (C=O) groups excluding carboxylic acids is 3. The molecular weight excluding hydrogens is 529 g/mol. The van der Waals surface area contributed by atoms with Crippen LogP contribution in [-0.2, 0) is 23.8 Å². The lowest BCUT2D eigenvalue weighted by atomic mass is 9.44. The van der Waals surface area contributed by atoms with E-state index in [-0.39, 0.29) is 24.8 Å². The quantitative estimate of drug-likeness (QED) is 0.346. The van der Waals surface area contributed by atoms with Crippen LogP contribution in [0, 0.1) is 28.6 Å². The first-order valence-corrected chi connectivity index (χ1v) is 14.4. The Morgan fingerprint density at radius 1 is 1.10 bits per heavy atom. The zero-order valence-electron chi connectivity index (χ0n) is 23.3. The van der Waals surface area contributed by atoms with Gasteiger partial charge >= 0.3 is 12.1 Å². The summed E-state index contributed by atoms with van der Waals surface area (Å²) in [6, 6.07) is 0. The molecule has 0 unspecified atom stereocenters. The molecule has 4 saturated carbocycles. The number of alkyl halides is 3. The number of allylic oxidation sites excluding steroid dienone is 4. The van der Waals surface area contributed by atoms with Crippen molar-refractivity contribution in [2.45, 2.75) is 108 Å². The van der Waals surface area contributed by atoms with Crippen LogP contribution in [-0.4, -0.2) is 59.5 Å². The predicted molar refractivity (Wildman–Crippen MR) is 137 cm³/mol. The Bertz CT molecular complexity index is 1120. The van der Waals surface area contributed by atoms with E-state index in [2.05, 4.69) is 0 Å². The molecule has 5 rings (SSSR count). The smallest absolute Gasteiger partial charge is 0.431 e. The molecule has 40 heavy (non-hydrogen) atoms. The van der Waals surface area contributed by atoms with E-state index in [0.29, 0.717) is 12.8 Å². The van der Waals surface area contributed by atoms with Gasteiger partial charge in [-0.1, -0.05) is 32.8 Å². The van der Waals surface area contributed by atoms with E-state index in [0.717, 1.165) is 31.8 Å². The van der Waals surface area contributed by atoms with Crippen molar-refractivity contribution in [2.24, 2.45) is 28.6 Å². The van der Waals surface area contributed by atoms with Crippen molar-refractivity contribution >= 4 is 17.9 Å². The van der Waals surface area contributed by atoms with Gasteiger partial charge in [-0.05, 0) is 75.5 Å². The summed E-state index contributed by atoms with van der Waals surface area (Å²) in [4.78, 5) is 38.8. The standard InChI is InChI=1S/C30H39F3O7/c1-17-12-20-21-14-23(32)22-13-18(34)10-11-27(22,2)29(21,33)24(35)15-28(20,3)30(17,25(36)38-16-31)40-26(37)39-19-8-6-4-5-7-9-19/h10-11,13,17,19-21,23-24,35H,4-9,12,14-16H2,1-3H3/t17-,20+,21+,23+,24+,27+,28+,29+,30+/m1/s1. The number of aliphatic hydroxyl groups excluding tert-OH is 1. The first-order chi connectivity index (χ1) is 18.8. The Kier molecular flexibility index (Phi) is 7.41. The fourth-order valence-electron chi connectivity index (χ4n) is 9.03. The third-order valence-electron chi connectivity index (χ3n) is 11.0. The van der Waals surface area contributed by atoms with E-state index in [1.54, 1.807) is 13.8 Å². The van der Waals surface area contributed by atoms with Gasteiger partial charge in [0.15, 0.2) is 11.5 Å². The minimum atomic E-state index is -2.37. The molecule has 9 atom stereocenters. The number of rotatable bonds is 4. The minimum absolute atomic E-state index is 0.0150. The maximum atomic E-state index is 17.4. The van der Waals surface area contributed by atoms with Gasteiger partial charge in [-0.2, -0.15) is 0 Å². The van der Waals surface area contributed by atoms with Gasteiger partial charge in [-0.3, -0.25) is 4.79 Å². The van der Waals surface area contributed by atoms with Crippen molar-refractivity contribution in [1.82, 2.24) is 0 Å². The summed E-state index contributed by atoms with van der Waals surface area (Å²) in [6.07, 6.45) is 3.35. The average molecular weight is 569 g/mol. The Balaban J connectivity index is 1.54. The highest BCUT2D eigenvalue weighted by Crippen LogP contribution is 2.71. The summed E-state index contributed by atoms with van der Waals surface area (Å²) in [6.45, 7) is 3.25. The van der Waals surface area contributed by atoms with E-state index in [4.69, 9.17) is 14.2 Å². The number of hydrogen-bond donors (Lipinski definition) is 1. The van der Waals surface area contributed by atoms with Gasteiger partial charge in [0.1, 0.15) is 12.3 Å². The van der Waals surface area contributed by atoms with Crippen molar-refractivity contribution in [2.75, 3.05) is 6.86 Å². The molecule has 0 saturated heterocycles. The molecular formula is C30H39F3O7. The van der Waals surface area contributed by atoms with Crippen LogP contribution in [0.4, 0.5) is 18.0 Å². The lowest BCUT2D eigenvalue weighted by molar-refractivity contribution is -0.235. The maximum absolute atomic E-state index is 17.4. The Morgan fingerprint density at radius 3 is 2.42 bits per heavy atom. The fraction of sp³-hybridized carbons (Fsp3) is 0.767. The molecule has 0 aromatic carbocycles. The van der Waals surface area contributed by atoms with Gasteiger partial charge in [-0.15, -0.1) is 0 Å². The fourth-order valence-corrected chi connectivity index (χ4v) is 9.03. The molecule has 10 heteroatoms. The number of esters is 1. The number of halogens is 3. The molecule has 222 valence electrons. The molecule has 5 aliphatic carbocycles. The topological polar surface area (TPSA) is 99.1 Å². The largest absolute Gasteiger partial charge is 0.509 e. The number of carbonyl (C=O) groups is 3. The molecule has 0 radical (unpaired) electrons. The van der Waals surface area contributed by atoms with Crippen LogP contribution >= 0.6 is 0 Å². The minimum Gasteiger partial charge on any atom is -0.431 e. The molecule has 0 bridgehead atoms. The number of fused-ring (bicyclic) bond motifs is 5. The first-order valence-electron chi connectivity index (χ1n) is 14.4. The molecule has 0 heterocycles. The Labute approximate surface area is 232 Å². The van der Waals surface area contributed by atoms with Crippen LogP contribution in [0.2, 0.25) is 0 Å². The van der Waals surface area contributed by atoms with Gasteiger partial charge in [-0.25, -0.2) is 22.8 Å². The van der Waals surface area contributed by atoms with Gasteiger partial charge in [0, 0.05) is 22.7 Å². The predicted octanol–water partition coefficient (Wildman–Crippen LogP) is 5.64. The molecule has 0 amide bonds. The second kappa shape index (κ2) is 10.2. The lowest BCUT2D eigenvalue weighted by Gasteiger charge is -2.62. The molecule has 0 aliphatic heterocycles. The normalized spacial score (nSPS) is 44.9. The highest BCUT2D eigenvalue weighted by molar-refractivity contribution is 6.01. The highest BCUT2D eigenvalue weighted by Gasteiger charge is 2.79. The van der Waals surface area contributed by atoms with Crippen LogP contribution in [0.1, 0.15) is 78.6 Å². The summed E-state index contributed by atoms with van der Waals surface area (Å²) in [5.74, 6) is -4.19. The molecule has 7 nitrogen and oxygen atoms in total. The van der Waals surface area contributed by atoms with Crippen molar-refractivity contribution < 1.29 is 46.9 Å². The van der Waals surface area contributed by atoms with Gasteiger partial charge < -0.3 is 19.3 Å². The van der Waals surface area contributed by atoms with E-state index in [1.165, 1.54) is 19.1 Å². The van der Waals surface area contributed by atoms with Crippen molar-refractivity contribution in [3.8, 4) is 0 Å². The van der Waals surface area contributed by atoms with Crippen molar-refractivity contribution in [3.63, 3.8) is 0 Å². The number of ketones is 1. The monoisotopic (exact) mass is 568 g/mol. The van der Waals surface area contributed by atoms with E-state index in [9.17, 15) is 23.9 Å². The second-order valence-corrected chi connectivity index (χ2v) is 12.9. The van der Waals surface area contributed by atoms with Crippen LogP contribution < -0.4 is 0 Å². The SMILES string of the molecule is C[C@@H]1C[C@H]2[C@@H]3C[C@H](F)C4=CC(=O)C=C[C@]4(C)[C@@]3(F)[C@@H](O)C[C@]2(C)[C@@]1(OC(=O)OC1CCCCCC1)C(=O)OCF. The zero-order valence-corrected chi connectivity index (χ0v) is 23.3. The summed E-state index contributed by atoms with van der Waals surface area (Å²) in [5.41, 5.74) is -7.50. The first kappa shape index (κ1) is 29.1. The van der Waals surface area contributed by atoms with Crippen molar-refractivity contribution in [3.05, 3.63) is 23.8 Å². The molecule has 5 aliphatic rings. The Morgan fingerprint density at radius 2 is 1.77 bits per heavy atom. The Hall–Kier alpha value is -2.36. The number of hydrogen-bond acceptors (Lipinski definition) is 7. The van der Waals surface area contributed by atoms with Gasteiger partial charge in [0.05, 0.1) is 6.10 Å². The van der Waals surface area contributed by atoms with E-state index in [1.807, 2.05) is 0 Å². The third-order valence-corrected chi connectivity index (χ3v) is 11.0. The zero-order chi connectivity index (χ0) is 29.1. The van der Waals surface area contributed by atoms with E-state index < -0.39 is 83.0 Å². The number of ether oxygens (including phenoxy) is 3. The molecule has 4 fully saturated rings. The molecule has 0 aromatic rings. The van der Waals surface area contributed by atoms with Crippen molar-refractivity contribution in [1.29, 1.82) is 0 Å². The molecule has 1 N–H and O–H groups in total. The molecule has 0 aromatic heterocycles. The summed E-state index contributed by atoms with van der Waals surface area (Å²) in [7, 11) is 0. The third kappa shape index (κ3) is 3.98. The average Bonchev–Trinajstić information content (AvgIpc) is 3.04. The number of aliphatic hydroxyl groups is 1. The summed E-state index contributed by atoms with van der Waals surface area (Å²) < 4.78 is 62.9. The highest BCUT2D eigenvalue weighted by atomic mass is 19.1. The summed E-state index contributed by atoms with van der Waals surface area (Å²) >= 11 is 0.